The van der Waals surface area contributed by atoms with Crippen molar-refractivity contribution in [3.63, 3.8) is 0 Å². The van der Waals surface area contributed by atoms with E-state index in [1.807, 2.05) is 42.5 Å². The van der Waals surface area contributed by atoms with Crippen molar-refractivity contribution in [2.24, 2.45) is 0 Å². The quantitative estimate of drug-likeness (QED) is 0.0317. The topological polar surface area (TPSA) is 90.9 Å². The van der Waals surface area contributed by atoms with E-state index in [1.165, 1.54) is 148 Å². The predicted molar refractivity (Wildman–Crippen MR) is 346 cm³/mol. The van der Waals surface area contributed by atoms with Crippen molar-refractivity contribution < 1.29 is 42.7 Å². The fraction of sp³-hybridized carbons (Fsp3) is 0.662. The molecule has 0 bridgehead atoms. The Morgan fingerprint density at radius 1 is 0.301 bits per heavy atom. The molecular weight excluding hydrogens is 1030 g/mol. The molecule has 0 saturated carbocycles. The van der Waals surface area contributed by atoms with Gasteiger partial charge in [0.05, 0.1) is 40.1 Å². The van der Waals surface area contributed by atoms with E-state index in [-0.39, 0.29) is 5.56 Å². The Bertz CT molecular complexity index is 2180. The molecule has 0 N–H and O–H groups in total. The summed E-state index contributed by atoms with van der Waals surface area (Å²) in [6.07, 6.45) is 42.3. The average molecular weight is 1150 g/mol. The van der Waals surface area contributed by atoms with Gasteiger partial charge >= 0.3 is 5.97 Å². The monoisotopic (exact) mass is 1150 g/mol. The first kappa shape index (κ1) is 70.4. The van der Waals surface area contributed by atoms with Gasteiger partial charge in [-0.25, -0.2) is 4.79 Å². The highest BCUT2D eigenvalue weighted by Gasteiger charge is 2.35. The number of hydrogen-bond donors (Lipinski definition) is 0. The van der Waals surface area contributed by atoms with Crippen LogP contribution in [0.2, 0.25) is 0 Å². The Morgan fingerprint density at radius 2 is 0.614 bits per heavy atom. The number of carbonyl (C=O) groups is 1. The highest BCUT2D eigenvalue weighted by Crippen LogP contribution is 2.55. The molecule has 0 aliphatic carbocycles. The molecule has 466 valence electrons. The van der Waals surface area contributed by atoms with E-state index in [0.29, 0.717) is 75.0 Å². The lowest BCUT2D eigenvalue weighted by molar-refractivity contribution is 0.0587. The summed E-state index contributed by atoms with van der Waals surface area (Å²) in [6.45, 7) is 12.2. The molecule has 0 saturated heterocycles. The van der Waals surface area contributed by atoms with Crippen molar-refractivity contribution in [2.75, 3.05) is 40.1 Å². The van der Waals surface area contributed by atoms with Crippen LogP contribution in [0.4, 0.5) is 0 Å². The van der Waals surface area contributed by atoms with Gasteiger partial charge in [-0.1, -0.05) is 293 Å². The Kier molecular flexibility index (Phi) is 40.9. The van der Waals surface area contributed by atoms with Gasteiger partial charge in [-0.2, -0.15) is 0 Å². The number of aryl methyl sites for hydroxylation is 1. The highest BCUT2D eigenvalue weighted by atomic mass is 16.6. The third kappa shape index (κ3) is 30.6. The molecule has 9 nitrogen and oxygen atoms in total. The van der Waals surface area contributed by atoms with Crippen LogP contribution in [-0.4, -0.2) is 46.1 Å². The number of carbonyl (C=O) groups excluding carboxylic acids is 1. The summed E-state index contributed by atoms with van der Waals surface area (Å²) in [6, 6.07) is 26.8. The average Bonchev–Trinajstić information content (AvgIpc) is 2.54. The van der Waals surface area contributed by atoms with E-state index in [1.54, 1.807) is 0 Å². The molecule has 0 aliphatic rings. The van der Waals surface area contributed by atoms with Crippen LogP contribution in [0, 0.1) is 0 Å². The molecule has 0 aliphatic heterocycles. The van der Waals surface area contributed by atoms with Crippen LogP contribution < -0.4 is 33.2 Å². The molecule has 0 spiro atoms. The SMILES string of the molecule is CCCCCCCCCCOc1c(OCCCCCCCCCC)c(OCCCCCCCCCC)c(C(=O)OC)c(OCCCCCCCCCC)c1OCCCCCCc1cccc(OCc2ccccc2)c1OCc1ccccc1. The van der Waals surface area contributed by atoms with Gasteiger partial charge in [0.2, 0.25) is 17.2 Å². The predicted octanol–water partition coefficient (Wildman–Crippen LogP) is 21.9. The summed E-state index contributed by atoms with van der Waals surface area (Å²) in [5, 5.41) is 0. The second-order valence-electron chi connectivity index (χ2n) is 23.1. The van der Waals surface area contributed by atoms with Crippen molar-refractivity contribution >= 4 is 5.97 Å². The maximum atomic E-state index is 14.4. The van der Waals surface area contributed by atoms with Crippen molar-refractivity contribution in [3.05, 3.63) is 101 Å². The molecular formula is C74H116O9. The third-order valence-electron chi connectivity index (χ3n) is 15.8. The van der Waals surface area contributed by atoms with Gasteiger partial charge in [-0.15, -0.1) is 0 Å². The lowest BCUT2D eigenvalue weighted by atomic mass is 10.0. The van der Waals surface area contributed by atoms with Crippen LogP contribution in [0.25, 0.3) is 0 Å². The van der Waals surface area contributed by atoms with E-state index < -0.39 is 5.97 Å². The number of hydrogen-bond acceptors (Lipinski definition) is 9. The van der Waals surface area contributed by atoms with Gasteiger partial charge < -0.3 is 37.9 Å². The van der Waals surface area contributed by atoms with Gasteiger partial charge in [-0.05, 0) is 67.7 Å². The van der Waals surface area contributed by atoms with Crippen molar-refractivity contribution in [1.29, 1.82) is 0 Å². The second-order valence-corrected chi connectivity index (χ2v) is 23.1. The van der Waals surface area contributed by atoms with Crippen LogP contribution in [0.5, 0.6) is 40.2 Å². The van der Waals surface area contributed by atoms with E-state index >= 15 is 0 Å². The number of ether oxygens (including phenoxy) is 8. The fourth-order valence-corrected chi connectivity index (χ4v) is 10.7. The summed E-state index contributed by atoms with van der Waals surface area (Å²) < 4.78 is 53.1. The summed E-state index contributed by atoms with van der Waals surface area (Å²) in [4.78, 5) is 14.4. The number of benzene rings is 4. The first-order valence-corrected chi connectivity index (χ1v) is 34.0. The van der Waals surface area contributed by atoms with Crippen molar-refractivity contribution in [2.45, 2.75) is 278 Å². The van der Waals surface area contributed by atoms with Gasteiger partial charge in [0.25, 0.3) is 0 Å². The van der Waals surface area contributed by atoms with Gasteiger partial charge in [0.15, 0.2) is 28.6 Å². The first-order valence-electron chi connectivity index (χ1n) is 34.0. The first-order chi connectivity index (χ1) is 41.1. The minimum atomic E-state index is -0.528. The van der Waals surface area contributed by atoms with Crippen LogP contribution in [-0.2, 0) is 24.4 Å². The summed E-state index contributed by atoms with van der Waals surface area (Å²) in [5.41, 5.74) is 3.59. The molecule has 4 rings (SSSR count). The lowest BCUT2D eigenvalue weighted by Gasteiger charge is -2.25. The van der Waals surface area contributed by atoms with E-state index in [0.717, 1.165) is 125 Å². The van der Waals surface area contributed by atoms with E-state index in [4.69, 9.17) is 37.9 Å². The van der Waals surface area contributed by atoms with Crippen LogP contribution in [0.15, 0.2) is 78.9 Å². The number of esters is 1. The molecule has 4 aromatic rings. The van der Waals surface area contributed by atoms with Crippen molar-refractivity contribution in [1.82, 2.24) is 0 Å². The number of unbranched alkanes of at least 4 members (excludes halogenated alkanes) is 31. The lowest BCUT2D eigenvalue weighted by Crippen LogP contribution is -2.16. The Hall–Kier alpha value is -5.05. The Morgan fingerprint density at radius 3 is 0.976 bits per heavy atom. The molecule has 0 fully saturated rings. The highest BCUT2D eigenvalue weighted by molar-refractivity contribution is 5.99. The largest absolute Gasteiger partial charge is 0.489 e. The normalized spacial score (nSPS) is 11.2. The number of para-hydroxylation sites is 1. The molecule has 0 heterocycles. The maximum absolute atomic E-state index is 14.4. The molecule has 0 radical (unpaired) electrons. The van der Waals surface area contributed by atoms with Crippen LogP contribution in [0.1, 0.15) is 286 Å². The molecule has 0 aromatic heterocycles. The van der Waals surface area contributed by atoms with E-state index in [2.05, 4.69) is 64.1 Å². The van der Waals surface area contributed by atoms with E-state index in [9.17, 15) is 4.79 Å². The standard InChI is InChI=1S/C74H116O9/c1-6-10-14-18-22-26-31-43-56-77-69-67(74(75)76-5)70(78-57-44-32-27-23-19-15-11-7-2)72(73(81-60-46-34-29-25-21-17-13-9-4)71(69)79-58-45-33-28-24-20-16-12-8-3)80-59-47-35-30-42-53-65-54-48-55-66(82-61-63-49-38-36-39-50-63)68(65)83-62-64-51-40-37-41-52-64/h36-41,48-52,54-55H,6-35,42-47,53,56-62H2,1-5H3. The van der Waals surface area contributed by atoms with Gasteiger partial charge in [-0.3, -0.25) is 0 Å². The van der Waals surface area contributed by atoms with Gasteiger partial charge in [0.1, 0.15) is 13.2 Å². The zero-order valence-electron chi connectivity index (χ0n) is 53.3. The van der Waals surface area contributed by atoms with Crippen LogP contribution >= 0.6 is 0 Å². The number of methoxy groups -OCH3 is 1. The molecule has 9 heteroatoms. The molecule has 0 amide bonds. The minimum Gasteiger partial charge on any atom is -0.489 e. The Balaban J connectivity index is 1.62. The molecule has 4 aromatic carbocycles. The summed E-state index contributed by atoms with van der Waals surface area (Å²) >= 11 is 0. The Labute approximate surface area is 506 Å². The minimum absolute atomic E-state index is 0.229. The second kappa shape index (κ2) is 48.2. The van der Waals surface area contributed by atoms with Crippen LogP contribution in [0.3, 0.4) is 0 Å². The summed E-state index contributed by atoms with van der Waals surface area (Å²) in [7, 11) is 1.44. The van der Waals surface area contributed by atoms with Crippen molar-refractivity contribution in [3.8, 4) is 40.2 Å². The fourth-order valence-electron chi connectivity index (χ4n) is 10.7. The zero-order valence-corrected chi connectivity index (χ0v) is 53.3. The number of rotatable bonds is 55. The molecule has 0 unspecified atom stereocenters. The molecule has 83 heavy (non-hydrogen) atoms. The maximum Gasteiger partial charge on any atom is 0.345 e. The molecule has 0 atom stereocenters. The van der Waals surface area contributed by atoms with Gasteiger partial charge in [0, 0.05) is 0 Å². The smallest absolute Gasteiger partial charge is 0.345 e. The summed E-state index contributed by atoms with van der Waals surface area (Å²) in [5.74, 6) is 3.06. The zero-order chi connectivity index (χ0) is 58.9. The third-order valence-corrected chi connectivity index (χ3v) is 15.8.